The highest BCUT2D eigenvalue weighted by Crippen LogP contribution is 2.11. The first kappa shape index (κ1) is 31.7. The van der Waals surface area contributed by atoms with Crippen LogP contribution in [-0.4, -0.2) is 96.9 Å². The molecule has 1 heterocycles. The van der Waals surface area contributed by atoms with E-state index < -0.39 is 47.7 Å². The molecule has 1 fully saturated rings. The summed E-state index contributed by atoms with van der Waals surface area (Å²) in [5, 5.41) is 8.31. The lowest BCUT2D eigenvalue weighted by Gasteiger charge is -2.30. The maximum absolute atomic E-state index is 13.4. The van der Waals surface area contributed by atoms with Gasteiger partial charge < -0.3 is 30.5 Å². The summed E-state index contributed by atoms with van der Waals surface area (Å²) in [5.41, 5.74) is 0.849. The number of benzene rings is 1. The molecule has 0 aromatic heterocycles. The minimum atomic E-state index is -0.907. The van der Waals surface area contributed by atoms with Crippen molar-refractivity contribution in [1.29, 1.82) is 0 Å². The first-order valence-electron chi connectivity index (χ1n) is 13.5. The smallest absolute Gasteiger partial charge is 0.249 e. The summed E-state index contributed by atoms with van der Waals surface area (Å²) in [7, 11) is 1.50. The number of amides is 5. The van der Waals surface area contributed by atoms with Crippen LogP contribution in [0.5, 0.6) is 0 Å². The molecule has 1 aliphatic rings. The van der Waals surface area contributed by atoms with Crippen LogP contribution >= 0.6 is 0 Å². The van der Waals surface area contributed by atoms with Gasteiger partial charge in [-0.1, -0.05) is 44.2 Å². The summed E-state index contributed by atoms with van der Waals surface area (Å²) >= 11 is 0. The third-order valence-electron chi connectivity index (χ3n) is 6.47. The fourth-order valence-electron chi connectivity index (χ4n) is 4.13. The predicted molar refractivity (Wildman–Crippen MR) is 146 cm³/mol. The molecule has 11 heteroatoms. The molecular weight excluding hydrogens is 502 g/mol. The lowest BCUT2D eigenvalue weighted by atomic mass is 10.0. The van der Waals surface area contributed by atoms with Crippen LogP contribution in [0.1, 0.15) is 46.6 Å². The number of rotatable bonds is 7. The summed E-state index contributed by atoms with van der Waals surface area (Å²) in [4.78, 5) is 68.2. The lowest BCUT2D eigenvalue weighted by Crippen LogP contribution is -2.57. The van der Waals surface area contributed by atoms with Gasteiger partial charge in [0.15, 0.2) is 0 Å². The molecule has 0 bridgehead atoms. The van der Waals surface area contributed by atoms with Gasteiger partial charge in [-0.2, -0.15) is 0 Å². The van der Waals surface area contributed by atoms with Crippen molar-refractivity contribution < 1.29 is 28.7 Å². The van der Waals surface area contributed by atoms with Crippen molar-refractivity contribution in [2.24, 2.45) is 5.92 Å². The molecule has 1 aromatic carbocycles. The molecule has 3 atom stereocenters. The molecule has 2 rings (SSSR count). The maximum Gasteiger partial charge on any atom is 0.249 e. The molecule has 0 saturated carbocycles. The van der Waals surface area contributed by atoms with Gasteiger partial charge in [0.25, 0.3) is 0 Å². The zero-order valence-corrected chi connectivity index (χ0v) is 23.9. The predicted octanol–water partition coefficient (Wildman–Crippen LogP) is 0.475. The van der Waals surface area contributed by atoms with E-state index in [1.807, 2.05) is 44.2 Å². The highest BCUT2D eigenvalue weighted by Gasteiger charge is 2.33. The van der Waals surface area contributed by atoms with E-state index in [1.54, 1.807) is 20.8 Å². The summed E-state index contributed by atoms with van der Waals surface area (Å²) in [5.74, 6) is -2.21. The van der Waals surface area contributed by atoms with Gasteiger partial charge >= 0.3 is 0 Å². The van der Waals surface area contributed by atoms with Gasteiger partial charge in [-0.25, -0.2) is 0 Å². The number of nitrogens with one attached hydrogen (secondary N) is 3. The van der Waals surface area contributed by atoms with E-state index in [4.69, 9.17) is 4.74 Å². The van der Waals surface area contributed by atoms with Crippen molar-refractivity contribution in [1.82, 2.24) is 25.8 Å². The van der Waals surface area contributed by atoms with E-state index in [0.717, 1.165) is 5.56 Å². The van der Waals surface area contributed by atoms with E-state index >= 15 is 0 Å². The van der Waals surface area contributed by atoms with Crippen LogP contribution in [0.15, 0.2) is 30.3 Å². The number of nitrogens with zero attached hydrogens (tertiary/aromatic N) is 2. The summed E-state index contributed by atoms with van der Waals surface area (Å²) in [6, 6.07) is 6.58. The number of ether oxygens (including phenoxy) is 1. The van der Waals surface area contributed by atoms with Crippen molar-refractivity contribution >= 4 is 29.5 Å². The van der Waals surface area contributed by atoms with E-state index in [-0.39, 0.29) is 44.7 Å². The molecule has 39 heavy (non-hydrogen) atoms. The van der Waals surface area contributed by atoms with Crippen LogP contribution in [0.2, 0.25) is 0 Å². The largest absolute Gasteiger partial charge is 0.369 e. The summed E-state index contributed by atoms with van der Waals surface area (Å²) < 4.78 is 5.43. The molecular formula is C28H43N5O6. The first-order chi connectivity index (χ1) is 18.4. The standard InChI is InChI=1S/C28H43N5O6/c1-18(2)14-23-28(38)32(6)20(5)26(36)31-22(15-21-10-8-7-9-11-21)27(37)29-12-13-33(16-24(34)30-23)25(35)17-39-19(3)4/h7-11,18-20,22-23H,12-17H2,1-6H3,(H,29,37)(H,30,34)(H,31,36)/t20-,22-,23-/m0/s1. The maximum atomic E-state index is 13.4. The van der Waals surface area contributed by atoms with Gasteiger partial charge in [-0.05, 0) is 38.7 Å². The second-order valence-corrected chi connectivity index (χ2v) is 10.6. The second kappa shape index (κ2) is 15.2. The molecule has 1 saturated heterocycles. The molecule has 5 amide bonds. The Morgan fingerprint density at radius 2 is 1.67 bits per heavy atom. The first-order valence-corrected chi connectivity index (χ1v) is 13.5. The summed E-state index contributed by atoms with van der Waals surface area (Å²) in [6.07, 6.45) is 0.410. The number of carbonyl (C=O) groups is 5. The minimum Gasteiger partial charge on any atom is -0.369 e. The number of carbonyl (C=O) groups excluding carboxylic acids is 5. The average molecular weight is 546 g/mol. The fourth-order valence-corrected chi connectivity index (χ4v) is 4.13. The van der Waals surface area contributed by atoms with Gasteiger partial charge in [-0.15, -0.1) is 0 Å². The average Bonchev–Trinajstić information content (AvgIpc) is 2.88. The summed E-state index contributed by atoms with van der Waals surface area (Å²) in [6.45, 7) is 8.61. The Morgan fingerprint density at radius 3 is 2.28 bits per heavy atom. The molecule has 216 valence electrons. The molecule has 1 aromatic rings. The lowest BCUT2D eigenvalue weighted by molar-refractivity contribution is -0.143. The Balaban J connectivity index is 2.37. The van der Waals surface area contributed by atoms with Crippen LogP contribution in [0.4, 0.5) is 0 Å². The van der Waals surface area contributed by atoms with Gasteiger partial charge in [0.2, 0.25) is 29.5 Å². The van der Waals surface area contributed by atoms with Gasteiger partial charge in [0, 0.05) is 26.6 Å². The van der Waals surface area contributed by atoms with Crippen LogP contribution in [0.25, 0.3) is 0 Å². The van der Waals surface area contributed by atoms with Crippen molar-refractivity contribution in [3.05, 3.63) is 35.9 Å². The molecule has 0 spiro atoms. The normalized spacial score (nSPS) is 22.2. The van der Waals surface area contributed by atoms with E-state index in [1.165, 1.54) is 16.8 Å². The van der Waals surface area contributed by atoms with Crippen LogP contribution in [-0.2, 0) is 35.1 Å². The van der Waals surface area contributed by atoms with Crippen LogP contribution in [0, 0.1) is 5.92 Å². The Bertz CT molecular complexity index is 999. The van der Waals surface area contributed by atoms with Crippen molar-refractivity contribution in [3.8, 4) is 0 Å². The van der Waals surface area contributed by atoms with Gasteiger partial charge in [0.1, 0.15) is 24.7 Å². The molecule has 0 aliphatic carbocycles. The van der Waals surface area contributed by atoms with Crippen molar-refractivity contribution in [3.63, 3.8) is 0 Å². The molecule has 0 unspecified atom stereocenters. The molecule has 1 aliphatic heterocycles. The van der Waals surface area contributed by atoms with Crippen LogP contribution in [0.3, 0.4) is 0 Å². The second-order valence-electron chi connectivity index (χ2n) is 10.6. The van der Waals surface area contributed by atoms with Gasteiger partial charge in [-0.3, -0.25) is 24.0 Å². The zero-order valence-electron chi connectivity index (χ0n) is 23.9. The number of hydrogen-bond donors (Lipinski definition) is 3. The number of hydrogen-bond acceptors (Lipinski definition) is 6. The molecule has 11 nitrogen and oxygen atoms in total. The fraction of sp³-hybridized carbons (Fsp3) is 0.607. The zero-order chi connectivity index (χ0) is 29.1. The third-order valence-corrected chi connectivity index (χ3v) is 6.47. The highest BCUT2D eigenvalue weighted by molar-refractivity contribution is 5.95. The third kappa shape index (κ3) is 10.3. The molecule has 3 N–H and O–H groups in total. The Hall–Kier alpha value is -3.47. The minimum absolute atomic E-state index is 0.0462. The Morgan fingerprint density at radius 1 is 1.00 bits per heavy atom. The topological polar surface area (TPSA) is 137 Å². The SMILES string of the molecule is CC(C)C[C@@H]1NC(=O)CN(C(=O)COC(C)C)CCNC(=O)[C@H](Cc2ccccc2)NC(=O)[C@H](C)N(C)C1=O. The van der Waals surface area contributed by atoms with E-state index in [2.05, 4.69) is 16.0 Å². The number of likely N-dealkylation sites (N-methyl/N-ethyl adjacent to an activating group) is 1. The quantitative estimate of drug-likeness (QED) is 0.456. The van der Waals surface area contributed by atoms with E-state index in [9.17, 15) is 24.0 Å². The Kier molecular flexibility index (Phi) is 12.4. The molecule has 0 radical (unpaired) electrons. The Labute approximate surface area is 231 Å². The van der Waals surface area contributed by atoms with Crippen molar-refractivity contribution in [2.45, 2.75) is 71.7 Å². The van der Waals surface area contributed by atoms with Crippen LogP contribution < -0.4 is 16.0 Å². The van der Waals surface area contributed by atoms with Gasteiger partial charge in [0.05, 0.1) is 12.6 Å². The van der Waals surface area contributed by atoms with E-state index in [0.29, 0.717) is 6.42 Å². The highest BCUT2D eigenvalue weighted by atomic mass is 16.5. The van der Waals surface area contributed by atoms with Crippen molar-refractivity contribution in [2.75, 3.05) is 33.3 Å². The monoisotopic (exact) mass is 545 g/mol.